The quantitative estimate of drug-likeness (QED) is 0.695. The van der Waals surface area contributed by atoms with Crippen LogP contribution in [0.2, 0.25) is 0 Å². The fourth-order valence-corrected chi connectivity index (χ4v) is 3.86. The third kappa shape index (κ3) is 5.96. The minimum atomic E-state index is 0.0706. The first-order valence-corrected chi connectivity index (χ1v) is 10.5. The zero-order chi connectivity index (χ0) is 19.9. The second kappa shape index (κ2) is 9.92. The first kappa shape index (κ1) is 20.6. The Morgan fingerprint density at radius 3 is 2.64 bits per heavy atom. The van der Waals surface area contributed by atoms with E-state index in [0.717, 1.165) is 57.6 Å². The van der Waals surface area contributed by atoms with Crippen LogP contribution in [-0.2, 0) is 9.59 Å². The highest BCUT2D eigenvalue weighted by Gasteiger charge is 2.22. The van der Waals surface area contributed by atoms with Gasteiger partial charge in [0, 0.05) is 39.1 Å². The zero-order valence-corrected chi connectivity index (χ0v) is 17.2. The van der Waals surface area contributed by atoms with E-state index in [1.54, 1.807) is 0 Å². The third-order valence-electron chi connectivity index (χ3n) is 5.78. The van der Waals surface area contributed by atoms with Crippen molar-refractivity contribution in [1.29, 1.82) is 0 Å². The van der Waals surface area contributed by atoms with Crippen molar-refractivity contribution in [3.05, 3.63) is 29.3 Å². The fourth-order valence-electron chi connectivity index (χ4n) is 3.86. The highest BCUT2D eigenvalue weighted by Crippen LogP contribution is 2.21. The van der Waals surface area contributed by atoms with Crippen LogP contribution in [-0.4, -0.2) is 67.0 Å². The Hall–Kier alpha value is -2.08. The van der Waals surface area contributed by atoms with Gasteiger partial charge in [-0.2, -0.15) is 0 Å². The van der Waals surface area contributed by atoms with Crippen LogP contribution in [0.15, 0.2) is 18.2 Å². The maximum atomic E-state index is 12.1. The lowest BCUT2D eigenvalue weighted by atomic mass is 10.1. The molecule has 2 saturated heterocycles. The summed E-state index contributed by atoms with van der Waals surface area (Å²) in [6, 6.07) is 6.24. The molecule has 2 fully saturated rings. The van der Waals surface area contributed by atoms with Gasteiger partial charge in [-0.1, -0.05) is 6.07 Å². The lowest BCUT2D eigenvalue weighted by molar-refractivity contribution is -0.127. The van der Waals surface area contributed by atoms with Crippen molar-refractivity contribution in [2.24, 2.45) is 0 Å². The first-order chi connectivity index (χ1) is 13.5. The number of carbonyl (C=O) groups is 2. The van der Waals surface area contributed by atoms with Crippen LogP contribution in [0.3, 0.4) is 0 Å². The number of nitrogens with zero attached hydrogens (tertiary/aromatic N) is 2. The minimum absolute atomic E-state index is 0.0706. The van der Waals surface area contributed by atoms with E-state index in [0.29, 0.717) is 19.5 Å². The van der Waals surface area contributed by atoms with Crippen molar-refractivity contribution in [3.63, 3.8) is 0 Å². The molecular weight excluding hydrogens is 354 g/mol. The van der Waals surface area contributed by atoms with Gasteiger partial charge in [0.1, 0.15) is 11.9 Å². The highest BCUT2D eigenvalue weighted by atomic mass is 16.5. The molecule has 28 heavy (non-hydrogen) atoms. The Morgan fingerprint density at radius 1 is 1.18 bits per heavy atom. The number of aryl methyl sites for hydroxylation is 2. The number of likely N-dealkylation sites (tertiary alicyclic amines) is 2. The molecule has 2 heterocycles. The van der Waals surface area contributed by atoms with E-state index in [1.165, 1.54) is 11.1 Å². The van der Waals surface area contributed by atoms with Crippen molar-refractivity contribution >= 4 is 11.8 Å². The second-order valence-corrected chi connectivity index (χ2v) is 8.03. The summed E-state index contributed by atoms with van der Waals surface area (Å²) in [6.07, 6.45) is 4.57. The molecule has 0 aromatic heterocycles. The molecular formula is C22H33N3O3. The Kier molecular flexibility index (Phi) is 7.31. The van der Waals surface area contributed by atoms with Gasteiger partial charge in [0.05, 0.1) is 6.54 Å². The standard InChI is InChI=1S/C22H33N3O3/c1-17-6-7-20(15-18(17)2)28-19-8-13-24(14-9-19)16-21(26)23-10-4-12-25-11-3-5-22(25)27/h6-7,15,19H,3-5,8-14,16H2,1-2H3,(H,23,26). The van der Waals surface area contributed by atoms with E-state index in [9.17, 15) is 9.59 Å². The Labute approximate surface area is 168 Å². The largest absolute Gasteiger partial charge is 0.490 e. The molecule has 2 aliphatic heterocycles. The van der Waals surface area contributed by atoms with Crippen molar-refractivity contribution < 1.29 is 14.3 Å². The molecule has 1 aromatic carbocycles. The van der Waals surface area contributed by atoms with E-state index in [4.69, 9.17) is 4.74 Å². The minimum Gasteiger partial charge on any atom is -0.490 e. The lowest BCUT2D eigenvalue weighted by Gasteiger charge is -2.31. The van der Waals surface area contributed by atoms with Crippen LogP contribution in [0, 0.1) is 13.8 Å². The second-order valence-electron chi connectivity index (χ2n) is 8.03. The van der Waals surface area contributed by atoms with Gasteiger partial charge < -0.3 is 15.0 Å². The van der Waals surface area contributed by atoms with Gasteiger partial charge in [-0.05, 0) is 62.8 Å². The van der Waals surface area contributed by atoms with E-state index >= 15 is 0 Å². The van der Waals surface area contributed by atoms with E-state index in [-0.39, 0.29) is 17.9 Å². The maximum absolute atomic E-state index is 12.1. The fraction of sp³-hybridized carbons (Fsp3) is 0.636. The van der Waals surface area contributed by atoms with Crippen LogP contribution < -0.4 is 10.1 Å². The molecule has 0 saturated carbocycles. The van der Waals surface area contributed by atoms with Crippen LogP contribution in [0.1, 0.15) is 43.2 Å². The number of piperidine rings is 1. The summed E-state index contributed by atoms with van der Waals surface area (Å²) in [6.45, 7) is 8.66. The monoisotopic (exact) mass is 387 g/mol. The molecule has 0 spiro atoms. The number of rotatable bonds is 8. The van der Waals surface area contributed by atoms with Gasteiger partial charge in [-0.25, -0.2) is 0 Å². The predicted octanol–water partition coefficient (Wildman–Crippen LogP) is 2.28. The molecule has 6 heteroatoms. The van der Waals surface area contributed by atoms with Gasteiger partial charge >= 0.3 is 0 Å². The van der Waals surface area contributed by atoms with Crippen LogP contribution in [0.4, 0.5) is 0 Å². The molecule has 0 aliphatic carbocycles. The van der Waals surface area contributed by atoms with E-state index < -0.39 is 0 Å². The SMILES string of the molecule is Cc1ccc(OC2CCN(CC(=O)NCCCN3CCCC3=O)CC2)cc1C. The molecule has 1 N–H and O–H groups in total. The molecule has 154 valence electrons. The summed E-state index contributed by atoms with van der Waals surface area (Å²) in [5.41, 5.74) is 2.53. The number of amides is 2. The van der Waals surface area contributed by atoms with Crippen molar-refractivity contribution in [2.45, 2.75) is 52.1 Å². The van der Waals surface area contributed by atoms with Crippen LogP contribution in [0.5, 0.6) is 5.75 Å². The molecule has 6 nitrogen and oxygen atoms in total. The number of hydrogen-bond donors (Lipinski definition) is 1. The van der Waals surface area contributed by atoms with Crippen molar-refractivity contribution in [1.82, 2.24) is 15.1 Å². The lowest BCUT2D eigenvalue weighted by Crippen LogP contribution is -2.44. The van der Waals surface area contributed by atoms with Crippen molar-refractivity contribution in [3.8, 4) is 5.75 Å². The number of nitrogens with one attached hydrogen (secondary N) is 1. The number of ether oxygens (including phenoxy) is 1. The van der Waals surface area contributed by atoms with Crippen molar-refractivity contribution in [2.75, 3.05) is 39.3 Å². The van der Waals surface area contributed by atoms with E-state index in [1.807, 2.05) is 11.0 Å². The molecule has 0 atom stereocenters. The number of carbonyl (C=O) groups excluding carboxylic acids is 2. The summed E-state index contributed by atoms with van der Waals surface area (Å²) in [7, 11) is 0. The molecule has 3 rings (SSSR count). The highest BCUT2D eigenvalue weighted by molar-refractivity contribution is 5.78. The summed E-state index contributed by atoms with van der Waals surface area (Å²) < 4.78 is 6.12. The summed E-state index contributed by atoms with van der Waals surface area (Å²) in [4.78, 5) is 27.8. The predicted molar refractivity (Wildman–Crippen MR) is 109 cm³/mol. The summed E-state index contributed by atoms with van der Waals surface area (Å²) >= 11 is 0. The third-order valence-corrected chi connectivity index (χ3v) is 5.78. The summed E-state index contributed by atoms with van der Waals surface area (Å²) in [5, 5.41) is 2.98. The van der Waals surface area contributed by atoms with Crippen LogP contribution >= 0.6 is 0 Å². The average Bonchev–Trinajstić information content (AvgIpc) is 3.08. The molecule has 0 bridgehead atoms. The Morgan fingerprint density at radius 2 is 1.96 bits per heavy atom. The van der Waals surface area contributed by atoms with E-state index in [2.05, 4.69) is 36.2 Å². The zero-order valence-electron chi connectivity index (χ0n) is 17.2. The van der Waals surface area contributed by atoms with Gasteiger partial charge in [0.2, 0.25) is 11.8 Å². The molecule has 0 radical (unpaired) electrons. The number of hydrogen-bond acceptors (Lipinski definition) is 4. The normalized spacial score (nSPS) is 18.5. The average molecular weight is 388 g/mol. The smallest absolute Gasteiger partial charge is 0.234 e. The molecule has 1 aromatic rings. The topological polar surface area (TPSA) is 61.9 Å². The maximum Gasteiger partial charge on any atom is 0.234 e. The summed E-state index contributed by atoms with van der Waals surface area (Å²) in [5.74, 6) is 1.26. The number of benzene rings is 1. The Balaban J connectivity index is 1.29. The Bertz CT molecular complexity index is 684. The molecule has 2 amide bonds. The van der Waals surface area contributed by atoms with Gasteiger partial charge in [0.15, 0.2) is 0 Å². The van der Waals surface area contributed by atoms with Gasteiger partial charge in [-0.3, -0.25) is 14.5 Å². The van der Waals surface area contributed by atoms with Gasteiger partial charge in [0.25, 0.3) is 0 Å². The molecule has 0 unspecified atom stereocenters. The molecule has 2 aliphatic rings. The van der Waals surface area contributed by atoms with Gasteiger partial charge in [-0.15, -0.1) is 0 Å². The van der Waals surface area contributed by atoms with Crippen LogP contribution in [0.25, 0.3) is 0 Å². The first-order valence-electron chi connectivity index (χ1n) is 10.5.